The Bertz CT molecular complexity index is 946. The minimum atomic E-state index is -2.59. The average molecular weight is 445 g/mol. The summed E-state index contributed by atoms with van der Waals surface area (Å²) in [4.78, 5) is 33.3. The maximum absolute atomic E-state index is 11.5. The van der Waals surface area contributed by atoms with Crippen LogP contribution in [-0.2, 0) is 9.13 Å². The molecule has 8 nitrogen and oxygen atoms in total. The first kappa shape index (κ1) is 27.0. The van der Waals surface area contributed by atoms with E-state index in [0.29, 0.717) is 5.30 Å². The fourth-order valence-electron chi connectivity index (χ4n) is 1.50. The van der Waals surface area contributed by atoms with Gasteiger partial charge in [-0.15, -0.1) is 0 Å². The van der Waals surface area contributed by atoms with Crippen molar-refractivity contribution in [3.63, 3.8) is 0 Å². The molecule has 148 valence electrons. The molecule has 0 aliphatic heterocycles. The van der Waals surface area contributed by atoms with Crippen LogP contribution in [0, 0.1) is 0 Å². The van der Waals surface area contributed by atoms with Gasteiger partial charge in [-0.2, -0.15) is 0 Å². The highest BCUT2D eigenvalue weighted by molar-refractivity contribution is 7.70. The summed E-state index contributed by atoms with van der Waals surface area (Å²) in [6.07, 6.45) is 2.60. The number of halogens is 2. The molecule has 0 aliphatic rings. The van der Waals surface area contributed by atoms with Crippen LogP contribution in [0.15, 0.2) is 22.0 Å². The maximum atomic E-state index is 11.5. The monoisotopic (exact) mass is 444 g/mol. The Labute approximate surface area is 162 Å². The molecule has 0 aromatic carbocycles. The van der Waals surface area contributed by atoms with Crippen molar-refractivity contribution < 1.29 is 9.13 Å². The summed E-state index contributed by atoms with van der Waals surface area (Å²) >= 11 is 11.2. The van der Waals surface area contributed by atoms with E-state index < -0.39 is 25.5 Å². The highest BCUT2D eigenvalue weighted by atomic mass is 35.5. The van der Waals surface area contributed by atoms with Crippen LogP contribution in [0.3, 0.4) is 0 Å². The summed E-state index contributed by atoms with van der Waals surface area (Å²) in [7, 11) is -4.98. The van der Waals surface area contributed by atoms with Crippen molar-refractivity contribution in [1.82, 2.24) is 19.9 Å². The Kier molecular flexibility index (Phi) is 10.6. The summed E-state index contributed by atoms with van der Waals surface area (Å²) in [5.41, 5.74) is -1.16. The number of H-pyrrole nitrogens is 2. The van der Waals surface area contributed by atoms with Gasteiger partial charge in [-0.05, 0) is 38.3 Å². The lowest BCUT2D eigenvalue weighted by molar-refractivity contribution is 0.587. The molecule has 0 atom stereocenters. The van der Waals surface area contributed by atoms with E-state index in [1.807, 2.05) is 4.98 Å². The van der Waals surface area contributed by atoms with E-state index in [1.165, 1.54) is 25.7 Å². The molecule has 0 fully saturated rings. The van der Waals surface area contributed by atoms with Gasteiger partial charge in [0.05, 0.1) is 10.6 Å². The maximum Gasteiger partial charge on any atom is 0.325 e. The minimum Gasteiger partial charge on any atom is -0.319 e. The van der Waals surface area contributed by atoms with E-state index in [0.717, 1.165) is 0 Å². The zero-order valence-electron chi connectivity index (χ0n) is 13.3. The number of aromatic nitrogens is 4. The predicted octanol–water partition coefficient (Wildman–Crippen LogP) is 2.61. The first-order valence-electron chi connectivity index (χ1n) is 6.43. The summed E-state index contributed by atoms with van der Waals surface area (Å²) < 4.78 is 22.9. The fourth-order valence-corrected chi connectivity index (χ4v) is 4.17. The van der Waals surface area contributed by atoms with Crippen molar-refractivity contribution >= 4 is 48.1 Å². The SMILES string of the molecule is C.C.CP(C)(=O)c1c[nH]c(=O)[nH]c1=O.CP(C)(=O)c1cnc(Cl)nc1Cl. The van der Waals surface area contributed by atoms with Crippen LogP contribution in [0.1, 0.15) is 14.9 Å². The molecule has 0 unspecified atom stereocenters. The normalized spacial score (nSPS) is 10.7. The Morgan fingerprint density at radius 1 is 0.962 bits per heavy atom. The molecular formula is C14H24Cl2N4O4P2. The van der Waals surface area contributed by atoms with Gasteiger partial charge >= 0.3 is 5.69 Å². The molecule has 26 heavy (non-hydrogen) atoms. The number of hydrogen-bond acceptors (Lipinski definition) is 6. The van der Waals surface area contributed by atoms with E-state index in [2.05, 4.69) is 15.0 Å². The van der Waals surface area contributed by atoms with Crippen LogP contribution >= 0.6 is 37.5 Å². The fraction of sp³-hybridized carbons (Fsp3) is 0.429. The van der Waals surface area contributed by atoms with E-state index in [4.69, 9.17) is 23.2 Å². The first-order valence-corrected chi connectivity index (χ1v) is 12.4. The number of rotatable bonds is 2. The highest BCUT2D eigenvalue weighted by Gasteiger charge is 2.17. The molecule has 2 N–H and O–H groups in total. The molecule has 0 bridgehead atoms. The van der Waals surface area contributed by atoms with Gasteiger partial charge < -0.3 is 14.1 Å². The van der Waals surface area contributed by atoms with E-state index in [1.54, 1.807) is 13.3 Å². The van der Waals surface area contributed by atoms with Crippen molar-refractivity contribution in [2.75, 3.05) is 26.7 Å². The van der Waals surface area contributed by atoms with Gasteiger partial charge in [0.1, 0.15) is 19.4 Å². The number of nitrogens with zero attached hydrogens (tertiary/aromatic N) is 2. The minimum absolute atomic E-state index is 0. The van der Waals surface area contributed by atoms with Gasteiger partial charge in [0, 0.05) is 12.4 Å². The third-order valence-electron chi connectivity index (χ3n) is 2.66. The Morgan fingerprint density at radius 2 is 1.46 bits per heavy atom. The average Bonchev–Trinajstić information content (AvgIpc) is 2.35. The molecule has 0 aliphatic carbocycles. The first-order chi connectivity index (χ1) is 10.8. The molecule has 0 saturated heterocycles. The van der Waals surface area contributed by atoms with Crippen LogP contribution in [0.25, 0.3) is 0 Å². The summed E-state index contributed by atoms with van der Waals surface area (Å²) in [6, 6.07) is 0. The lowest BCUT2D eigenvalue weighted by atomic mass is 10.7. The number of aromatic amines is 2. The number of hydrogen-bond donors (Lipinski definition) is 2. The Hall–Kier alpha value is -1.20. The molecule has 2 aromatic heterocycles. The Morgan fingerprint density at radius 3 is 1.85 bits per heavy atom. The molecule has 2 rings (SSSR count). The molecule has 2 aromatic rings. The molecule has 0 amide bonds. The van der Waals surface area contributed by atoms with Crippen LogP contribution in [0.5, 0.6) is 0 Å². The zero-order chi connectivity index (χ0) is 18.7. The second kappa shape index (κ2) is 10.2. The van der Waals surface area contributed by atoms with Crippen molar-refractivity contribution in [2.24, 2.45) is 0 Å². The summed E-state index contributed by atoms with van der Waals surface area (Å²) in [5.74, 6) is 0. The number of nitrogens with one attached hydrogen (secondary N) is 2. The zero-order valence-corrected chi connectivity index (χ0v) is 16.6. The standard InChI is InChI=1S/C6H7Cl2N2OP.C6H9N2O3P.2CH4/c1-12(2,11)4-3-9-6(8)10-5(4)7;1-12(2,11)4-3-7-6(10)8-5(4)9;;/h3H,1-2H3;3H,1-2H3,(H2,7,8,9,10);2*1H4. The van der Waals surface area contributed by atoms with Gasteiger partial charge in [0.2, 0.25) is 5.28 Å². The van der Waals surface area contributed by atoms with Gasteiger partial charge in [0.15, 0.2) is 0 Å². The van der Waals surface area contributed by atoms with Crippen molar-refractivity contribution in [3.05, 3.63) is 43.7 Å². The molecule has 2 heterocycles. The van der Waals surface area contributed by atoms with Crippen LogP contribution < -0.4 is 21.9 Å². The van der Waals surface area contributed by atoms with Gasteiger partial charge in [0.25, 0.3) is 5.56 Å². The second-order valence-electron chi connectivity index (χ2n) is 5.47. The van der Waals surface area contributed by atoms with Gasteiger partial charge in [-0.3, -0.25) is 9.78 Å². The van der Waals surface area contributed by atoms with Crippen molar-refractivity contribution in [1.29, 1.82) is 0 Å². The third-order valence-corrected chi connectivity index (χ3v) is 6.24. The third kappa shape index (κ3) is 8.00. The smallest absolute Gasteiger partial charge is 0.319 e. The van der Waals surface area contributed by atoms with Crippen LogP contribution in [0.4, 0.5) is 0 Å². The summed E-state index contributed by atoms with van der Waals surface area (Å²) in [6.45, 7) is 6.14. The molecule has 0 radical (unpaired) electrons. The predicted molar refractivity (Wildman–Crippen MR) is 111 cm³/mol. The van der Waals surface area contributed by atoms with E-state index in [9.17, 15) is 18.7 Å². The van der Waals surface area contributed by atoms with E-state index in [-0.39, 0.29) is 30.6 Å². The molecular weight excluding hydrogens is 421 g/mol. The molecule has 0 saturated carbocycles. The molecule has 0 spiro atoms. The van der Waals surface area contributed by atoms with Gasteiger partial charge in [-0.1, -0.05) is 26.5 Å². The lowest BCUT2D eigenvalue weighted by Crippen LogP contribution is -2.34. The van der Waals surface area contributed by atoms with Gasteiger partial charge in [-0.25, -0.2) is 14.8 Å². The van der Waals surface area contributed by atoms with Crippen molar-refractivity contribution in [3.8, 4) is 0 Å². The topological polar surface area (TPSA) is 126 Å². The van der Waals surface area contributed by atoms with Crippen LogP contribution in [-0.4, -0.2) is 46.6 Å². The highest BCUT2D eigenvalue weighted by Crippen LogP contribution is 2.36. The summed E-state index contributed by atoms with van der Waals surface area (Å²) in [5, 5.41) is 0.844. The largest absolute Gasteiger partial charge is 0.325 e. The Balaban J connectivity index is 0. The lowest BCUT2D eigenvalue weighted by Gasteiger charge is -2.06. The molecule has 12 heteroatoms. The quantitative estimate of drug-likeness (QED) is 0.416. The van der Waals surface area contributed by atoms with Crippen molar-refractivity contribution in [2.45, 2.75) is 14.9 Å². The van der Waals surface area contributed by atoms with E-state index >= 15 is 0 Å². The second-order valence-corrected chi connectivity index (χ2v) is 12.5. The van der Waals surface area contributed by atoms with Crippen LogP contribution in [0.2, 0.25) is 10.4 Å².